The standard InChI is InChI=1S/C17H21ClN2O2S/c1-2-10-19-11-9-14-5-3-7-16(12-14)20-23(21,22)17-8-4-6-15(18)13-17/h3-8,12-13,19-20H,2,9-11H2,1H3. The number of hydrogen-bond donors (Lipinski definition) is 2. The molecule has 0 aliphatic carbocycles. The van der Waals surface area contributed by atoms with Crippen LogP contribution in [0.2, 0.25) is 5.02 Å². The molecule has 23 heavy (non-hydrogen) atoms. The van der Waals surface area contributed by atoms with Crippen LogP contribution in [0.25, 0.3) is 0 Å². The summed E-state index contributed by atoms with van der Waals surface area (Å²) in [7, 11) is -3.63. The summed E-state index contributed by atoms with van der Waals surface area (Å²) >= 11 is 5.86. The topological polar surface area (TPSA) is 58.2 Å². The molecule has 0 saturated heterocycles. The molecule has 0 aliphatic rings. The number of nitrogens with one attached hydrogen (secondary N) is 2. The van der Waals surface area contributed by atoms with Crippen molar-refractivity contribution in [1.82, 2.24) is 5.32 Å². The van der Waals surface area contributed by atoms with E-state index >= 15 is 0 Å². The minimum absolute atomic E-state index is 0.153. The third-order valence-corrected chi connectivity index (χ3v) is 4.92. The Morgan fingerprint density at radius 2 is 1.83 bits per heavy atom. The second-order valence-corrected chi connectivity index (χ2v) is 7.38. The molecule has 0 atom stereocenters. The first kappa shape index (κ1) is 17.8. The summed E-state index contributed by atoms with van der Waals surface area (Å²) in [6.45, 7) is 3.98. The molecule has 0 fully saturated rings. The van der Waals surface area contributed by atoms with Crippen molar-refractivity contribution in [2.75, 3.05) is 17.8 Å². The predicted octanol–water partition coefficient (Wildman–Crippen LogP) is 3.68. The van der Waals surface area contributed by atoms with Gasteiger partial charge in [0, 0.05) is 10.7 Å². The fourth-order valence-electron chi connectivity index (χ4n) is 2.17. The zero-order chi connectivity index (χ0) is 16.7. The summed E-state index contributed by atoms with van der Waals surface area (Å²) in [6.07, 6.45) is 1.95. The Morgan fingerprint density at radius 3 is 2.57 bits per heavy atom. The van der Waals surface area contributed by atoms with Crippen LogP contribution in [0.3, 0.4) is 0 Å². The predicted molar refractivity (Wildman–Crippen MR) is 95.6 cm³/mol. The van der Waals surface area contributed by atoms with Gasteiger partial charge in [-0.25, -0.2) is 8.42 Å². The molecular formula is C17H21ClN2O2S. The molecule has 2 aromatic carbocycles. The molecule has 2 aromatic rings. The van der Waals surface area contributed by atoms with Crippen molar-refractivity contribution >= 4 is 27.3 Å². The Kier molecular flexibility index (Phi) is 6.45. The van der Waals surface area contributed by atoms with Crippen molar-refractivity contribution in [1.29, 1.82) is 0 Å². The smallest absolute Gasteiger partial charge is 0.261 e. The van der Waals surface area contributed by atoms with Crippen molar-refractivity contribution in [2.45, 2.75) is 24.7 Å². The van der Waals surface area contributed by atoms with Gasteiger partial charge in [-0.2, -0.15) is 0 Å². The number of sulfonamides is 1. The summed E-state index contributed by atoms with van der Waals surface area (Å²) in [4.78, 5) is 0.153. The molecule has 0 spiro atoms. The lowest BCUT2D eigenvalue weighted by atomic mass is 10.1. The number of hydrogen-bond acceptors (Lipinski definition) is 3. The highest BCUT2D eigenvalue weighted by atomic mass is 35.5. The minimum Gasteiger partial charge on any atom is -0.316 e. The number of rotatable bonds is 8. The number of benzene rings is 2. The normalized spacial score (nSPS) is 11.4. The molecule has 0 bridgehead atoms. The van der Waals surface area contributed by atoms with Crippen LogP contribution < -0.4 is 10.0 Å². The highest BCUT2D eigenvalue weighted by Gasteiger charge is 2.14. The van der Waals surface area contributed by atoms with E-state index in [4.69, 9.17) is 11.6 Å². The van der Waals surface area contributed by atoms with Crippen molar-refractivity contribution in [3.63, 3.8) is 0 Å². The van der Waals surface area contributed by atoms with Gasteiger partial charge in [0.05, 0.1) is 4.90 Å². The van der Waals surface area contributed by atoms with Crippen molar-refractivity contribution in [3.05, 3.63) is 59.1 Å². The molecule has 0 radical (unpaired) electrons. The number of halogens is 1. The van der Waals surface area contributed by atoms with Gasteiger partial charge in [0.2, 0.25) is 0 Å². The summed E-state index contributed by atoms with van der Waals surface area (Å²) in [5.74, 6) is 0. The average Bonchev–Trinajstić information content (AvgIpc) is 2.52. The van der Waals surface area contributed by atoms with E-state index in [1.54, 1.807) is 18.2 Å². The molecule has 6 heteroatoms. The van der Waals surface area contributed by atoms with Crippen LogP contribution in [-0.4, -0.2) is 21.5 Å². The first-order valence-electron chi connectivity index (χ1n) is 7.59. The van der Waals surface area contributed by atoms with Gasteiger partial charge < -0.3 is 5.32 Å². The Bertz CT molecular complexity index is 748. The molecular weight excluding hydrogens is 332 g/mol. The van der Waals surface area contributed by atoms with Crippen molar-refractivity contribution < 1.29 is 8.42 Å². The van der Waals surface area contributed by atoms with Crippen molar-refractivity contribution in [2.24, 2.45) is 0 Å². The van der Waals surface area contributed by atoms with Crippen LogP contribution in [0.15, 0.2) is 53.4 Å². The lowest BCUT2D eigenvalue weighted by Gasteiger charge is -2.10. The zero-order valence-electron chi connectivity index (χ0n) is 13.0. The lowest BCUT2D eigenvalue weighted by Crippen LogP contribution is -2.18. The summed E-state index contributed by atoms with van der Waals surface area (Å²) in [5, 5.41) is 3.72. The van der Waals surface area contributed by atoms with Gasteiger partial charge >= 0.3 is 0 Å². The minimum atomic E-state index is -3.63. The van der Waals surface area contributed by atoms with E-state index in [1.807, 2.05) is 18.2 Å². The molecule has 124 valence electrons. The van der Waals surface area contributed by atoms with Crippen LogP contribution in [-0.2, 0) is 16.4 Å². The van der Waals surface area contributed by atoms with Gasteiger partial charge in [-0.15, -0.1) is 0 Å². The van der Waals surface area contributed by atoms with E-state index in [-0.39, 0.29) is 4.90 Å². The molecule has 0 heterocycles. The van der Waals surface area contributed by atoms with Gasteiger partial charge in [0.25, 0.3) is 10.0 Å². The van der Waals surface area contributed by atoms with Gasteiger partial charge in [-0.3, -0.25) is 4.72 Å². The third kappa shape index (κ3) is 5.53. The maximum Gasteiger partial charge on any atom is 0.261 e. The quantitative estimate of drug-likeness (QED) is 0.712. The third-order valence-electron chi connectivity index (χ3n) is 3.30. The average molecular weight is 353 g/mol. The summed E-state index contributed by atoms with van der Waals surface area (Å²) in [5.41, 5.74) is 1.64. The molecule has 0 saturated carbocycles. The molecule has 0 aromatic heterocycles. The first-order valence-corrected chi connectivity index (χ1v) is 9.45. The van der Waals surface area contributed by atoms with Gasteiger partial charge in [0.15, 0.2) is 0 Å². The Balaban J connectivity index is 2.07. The fourth-order valence-corrected chi connectivity index (χ4v) is 3.52. The van der Waals surface area contributed by atoms with E-state index in [0.717, 1.165) is 31.5 Å². The zero-order valence-corrected chi connectivity index (χ0v) is 14.6. The molecule has 0 unspecified atom stereocenters. The molecule has 2 N–H and O–H groups in total. The van der Waals surface area contributed by atoms with Crippen molar-refractivity contribution in [3.8, 4) is 0 Å². The van der Waals surface area contributed by atoms with Gasteiger partial charge in [-0.1, -0.05) is 36.7 Å². The highest BCUT2D eigenvalue weighted by Crippen LogP contribution is 2.20. The Morgan fingerprint density at radius 1 is 1.04 bits per heavy atom. The summed E-state index contributed by atoms with van der Waals surface area (Å²) in [6, 6.07) is 13.7. The molecule has 2 rings (SSSR count). The monoisotopic (exact) mass is 352 g/mol. The lowest BCUT2D eigenvalue weighted by molar-refractivity contribution is 0.601. The number of anilines is 1. The largest absolute Gasteiger partial charge is 0.316 e. The Hall–Kier alpha value is -1.56. The Labute approximate surface area is 142 Å². The fraction of sp³-hybridized carbons (Fsp3) is 0.294. The van der Waals surface area contributed by atoms with Crippen LogP contribution in [0, 0.1) is 0 Å². The van der Waals surface area contributed by atoms with E-state index in [0.29, 0.717) is 10.7 Å². The van der Waals surface area contributed by atoms with Crippen LogP contribution >= 0.6 is 11.6 Å². The van der Waals surface area contributed by atoms with E-state index in [2.05, 4.69) is 17.0 Å². The second-order valence-electron chi connectivity index (χ2n) is 5.26. The van der Waals surface area contributed by atoms with Crippen LogP contribution in [0.5, 0.6) is 0 Å². The second kappa shape index (κ2) is 8.34. The van der Waals surface area contributed by atoms with Gasteiger partial charge in [0.1, 0.15) is 0 Å². The maximum absolute atomic E-state index is 12.4. The first-order chi connectivity index (χ1) is 11.0. The van der Waals surface area contributed by atoms with E-state index < -0.39 is 10.0 Å². The van der Waals surface area contributed by atoms with E-state index in [1.165, 1.54) is 12.1 Å². The maximum atomic E-state index is 12.4. The SMILES string of the molecule is CCCNCCc1cccc(NS(=O)(=O)c2cccc(Cl)c2)c1. The molecule has 4 nitrogen and oxygen atoms in total. The highest BCUT2D eigenvalue weighted by molar-refractivity contribution is 7.92. The van der Waals surface area contributed by atoms with Gasteiger partial charge in [-0.05, 0) is 61.8 Å². The molecule has 0 aliphatic heterocycles. The van der Waals surface area contributed by atoms with E-state index in [9.17, 15) is 8.42 Å². The summed E-state index contributed by atoms with van der Waals surface area (Å²) < 4.78 is 27.4. The molecule has 0 amide bonds. The van der Waals surface area contributed by atoms with Crippen LogP contribution in [0.4, 0.5) is 5.69 Å². The van der Waals surface area contributed by atoms with Crippen LogP contribution in [0.1, 0.15) is 18.9 Å².